The number of carbonyl (C=O) groups is 2. The van der Waals surface area contributed by atoms with Gasteiger partial charge in [0.1, 0.15) is 11.5 Å². The number of benzene rings is 4. The summed E-state index contributed by atoms with van der Waals surface area (Å²) in [6.45, 7) is 19.9. The van der Waals surface area contributed by atoms with Gasteiger partial charge in [-0.15, -0.1) is 0 Å². The Bertz CT molecular complexity index is 1690. The van der Waals surface area contributed by atoms with Gasteiger partial charge in [-0.25, -0.2) is 0 Å². The largest absolute Gasteiger partial charge is 2.00 e. The number of aliphatic imine (C=N–C) groups is 2. The van der Waals surface area contributed by atoms with E-state index in [4.69, 9.17) is 29.8 Å². The fraction of sp³-hybridized carbons (Fsp3) is 0.316. The number of rotatable bonds is 8. The molecule has 0 fully saturated rings. The molecule has 4 aromatic carbocycles. The minimum absolute atomic E-state index is 0. The Morgan fingerprint density at radius 3 is 1.22 bits per heavy atom. The van der Waals surface area contributed by atoms with Crippen molar-refractivity contribution in [1.82, 2.24) is 0 Å². The molecule has 0 spiro atoms. The third kappa shape index (κ3) is 13.1. The summed E-state index contributed by atoms with van der Waals surface area (Å²) in [5, 5.41) is 44.5. The molecule has 0 saturated heterocycles. The quantitative estimate of drug-likeness (QED) is 0.181. The number of phenolic OH excluding ortho intramolecular Hbond substituents is 2. The molecule has 8 nitrogen and oxygen atoms in total. The van der Waals surface area contributed by atoms with Crippen molar-refractivity contribution < 1.29 is 46.8 Å². The molecule has 0 aromatic heterocycles. The first kappa shape index (κ1) is 43.0. The van der Waals surface area contributed by atoms with Gasteiger partial charge >= 0.3 is 16.8 Å². The Balaban J connectivity index is 0.00000120. The third-order valence-corrected chi connectivity index (χ3v) is 11.5. The predicted octanol–water partition coefficient (Wildman–Crippen LogP) is 5.48. The molecular formula is C38H48CoN2O6Si2. The second kappa shape index (κ2) is 18.6. The molecular weight excluding hydrogens is 696 g/mol. The number of hydrogen-bond donors (Lipinski definition) is 2. The van der Waals surface area contributed by atoms with Gasteiger partial charge in [0.05, 0.1) is 27.5 Å². The van der Waals surface area contributed by atoms with Crippen LogP contribution in [0.15, 0.2) is 70.6 Å². The fourth-order valence-electron chi connectivity index (χ4n) is 4.74. The number of fused-ring (bicyclic) bond motifs is 1. The van der Waals surface area contributed by atoms with Gasteiger partial charge in [-0.1, -0.05) is 112 Å². The summed E-state index contributed by atoms with van der Waals surface area (Å²) < 4.78 is 0. The molecule has 0 unspecified atom stereocenters. The SMILES string of the molecule is CC(=O)[O-].CC(=O)[O-].CCc1cc([Si](C)(C)C)cc(C=Nc2cc3ccccc3cc2N=Cc2cc([Si](C)(C)C)cc(CC)c2O)c1O.[Co+2]. The van der Waals surface area contributed by atoms with Gasteiger partial charge in [-0.2, -0.15) is 0 Å². The summed E-state index contributed by atoms with van der Waals surface area (Å²) in [5.41, 5.74) is 4.77. The van der Waals surface area contributed by atoms with Crippen molar-refractivity contribution >= 4 is 73.0 Å². The standard InChI is InChI=1S/C34H42N2O2Si2.2C2H4O2.Co/c1-9-23-15-29(39(3,4)5)17-27(33(23)37)21-35-31-19-25-13-11-12-14-26(25)20-32(31)36-22-28-18-30(40(6,7)8)16-24(10-2)34(28)38;2*1-2(3)4;/h11-22,37-38H,9-10H2,1-8H3;2*1H3,(H,3,4);/q;;;+2/p-2. The number of nitrogens with zero attached hydrogens (tertiary/aromatic N) is 2. The van der Waals surface area contributed by atoms with E-state index < -0.39 is 28.1 Å². The van der Waals surface area contributed by atoms with Gasteiger partial charge in [-0.05, 0) is 60.7 Å². The maximum atomic E-state index is 11.0. The number of hydrogen-bond acceptors (Lipinski definition) is 8. The summed E-state index contributed by atoms with van der Waals surface area (Å²) in [6, 6.07) is 20.7. The number of aryl methyl sites for hydroxylation is 2. The number of carbonyl (C=O) groups excluding carboxylic acids is 2. The van der Waals surface area contributed by atoms with Crippen LogP contribution in [0, 0.1) is 0 Å². The zero-order chi connectivity index (χ0) is 36.4. The zero-order valence-corrected chi connectivity index (χ0v) is 33.1. The Kier molecular flexibility index (Phi) is 16.4. The molecule has 0 saturated carbocycles. The Morgan fingerprint density at radius 1 is 0.653 bits per heavy atom. The van der Waals surface area contributed by atoms with Crippen molar-refractivity contribution in [2.24, 2.45) is 9.98 Å². The van der Waals surface area contributed by atoms with Crippen LogP contribution < -0.4 is 20.6 Å². The second-order valence-corrected chi connectivity index (χ2v) is 23.7. The van der Waals surface area contributed by atoms with Gasteiger partial charge in [-0.3, -0.25) is 9.98 Å². The minimum Gasteiger partial charge on any atom is -0.550 e. The van der Waals surface area contributed by atoms with Gasteiger partial charge in [0.15, 0.2) is 0 Å². The average Bonchev–Trinajstić information content (AvgIpc) is 2.98. The molecule has 0 atom stereocenters. The van der Waals surface area contributed by atoms with Crippen LogP contribution in [-0.2, 0) is 39.2 Å². The predicted molar refractivity (Wildman–Crippen MR) is 201 cm³/mol. The van der Waals surface area contributed by atoms with Crippen LogP contribution >= 0.6 is 0 Å². The molecule has 4 aromatic rings. The maximum Gasteiger partial charge on any atom is 2.00 e. The van der Waals surface area contributed by atoms with E-state index in [9.17, 15) is 10.2 Å². The molecule has 49 heavy (non-hydrogen) atoms. The van der Waals surface area contributed by atoms with E-state index in [2.05, 4.69) is 89.5 Å². The zero-order valence-electron chi connectivity index (χ0n) is 30.1. The van der Waals surface area contributed by atoms with Crippen LogP contribution in [0.4, 0.5) is 11.4 Å². The van der Waals surface area contributed by atoms with Crippen molar-refractivity contribution in [3.63, 3.8) is 0 Å². The first-order chi connectivity index (χ1) is 22.3. The third-order valence-electron chi connectivity index (χ3n) is 7.46. The van der Waals surface area contributed by atoms with Crippen LogP contribution in [0.2, 0.25) is 39.3 Å². The molecule has 0 amide bonds. The fourth-order valence-corrected chi connectivity index (χ4v) is 7.13. The second-order valence-electron chi connectivity index (χ2n) is 13.5. The summed E-state index contributed by atoms with van der Waals surface area (Å²) in [4.78, 5) is 27.5. The Hall–Kier alpha value is -4.04. The molecule has 1 radical (unpaired) electrons. The molecule has 263 valence electrons. The average molecular weight is 744 g/mol. The summed E-state index contributed by atoms with van der Waals surface area (Å²) in [7, 11) is -3.18. The molecule has 0 aliphatic carbocycles. The van der Waals surface area contributed by atoms with Gasteiger partial charge in [0.25, 0.3) is 0 Å². The van der Waals surface area contributed by atoms with E-state index in [0.29, 0.717) is 22.9 Å². The molecule has 0 aliphatic rings. The van der Waals surface area contributed by atoms with Gasteiger partial charge in [0.2, 0.25) is 0 Å². The molecule has 0 bridgehead atoms. The normalized spacial score (nSPS) is 11.4. The van der Waals surface area contributed by atoms with Crippen LogP contribution in [0.5, 0.6) is 11.5 Å². The number of aromatic hydroxyl groups is 2. The summed E-state index contributed by atoms with van der Waals surface area (Å²) in [6.07, 6.45) is 5.05. The van der Waals surface area contributed by atoms with Crippen molar-refractivity contribution in [3.8, 4) is 11.5 Å². The van der Waals surface area contributed by atoms with E-state index in [1.807, 2.05) is 24.3 Å². The molecule has 2 N–H and O–H groups in total. The van der Waals surface area contributed by atoms with Crippen molar-refractivity contribution in [2.45, 2.75) is 79.8 Å². The van der Waals surface area contributed by atoms with Crippen molar-refractivity contribution in [1.29, 1.82) is 0 Å². The van der Waals surface area contributed by atoms with E-state index in [1.165, 1.54) is 10.4 Å². The number of carboxylic acids is 2. The van der Waals surface area contributed by atoms with Gasteiger partial charge in [0, 0.05) is 35.5 Å². The molecule has 0 aliphatic heterocycles. The molecule has 0 heterocycles. The van der Waals surface area contributed by atoms with E-state index >= 15 is 0 Å². The van der Waals surface area contributed by atoms with Crippen molar-refractivity contribution in [3.05, 3.63) is 82.9 Å². The molecule has 4 rings (SSSR count). The summed E-state index contributed by atoms with van der Waals surface area (Å²) >= 11 is 0. The van der Waals surface area contributed by atoms with E-state index in [-0.39, 0.29) is 16.8 Å². The number of aliphatic carboxylic acids is 2. The van der Waals surface area contributed by atoms with Crippen LogP contribution in [0.1, 0.15) is 49.9 Å². The first-order valence-corrected chi connectivity index (χ1v) is 23.0. The van der Waals surface area contributed by atoms with Crippen molar-refractivity contribution in [2.75, 3.05) is 0 Å². The monoisotopic (exact) mass is 743 g/mol. The van der Waals surface area contributed by atoms with Gasteiger partial charge < -0.3 is 30.0 Å². The minimum atomic E-state index is -1.59. The first-order valence-electron chi connectivity index (χ1n) is 16.0. The topological polar surface area (TPSA) is 145 Å². The van der Waals surface area contributed by atoms with Crippen LogP contribution in [0.25, 0.3) is 10.8 Å². The Labute approximate surface area is 302 Å². The smallest absolute Gasteiger partial charge is 0.550 e. The number of carboxylic acid groups (broad SMARTS) is 2. The molecule has 11 heteroatoms. The van der Waals surface area contributed by atoms with E-state index in [0.717, 1.165) is 59.7 Å². The van der Waals surface area contributed by atoms with Crippen LogP contribution in [-0.4, -0.2) is 50.7 Å². The van der Waals surface area contributed by atoms with E-state index in [1.54, 1.807) is 12.4 Å². The summed E-state index contributed by atoms with van der Waals surface area (Å²) in [5.74, 6) is -1.58. The Morgan fingerprint density at radius 2 is 0.959 bits per heavy atom. The van der Waals surface area contributed by atoms with Crippen LogP contribution in [0.3, 0.4) is 0 Å². The maximum absolute atomic E-state index is 11.0. The number of phenols is 2.